The molecule has 1 unspecified atom stereocenters. The molecule has 1 N–H and O–H groups in total. The van der Waals surface area contributed by atoms with Gasteiger partial charge in [-0.2, -0.15) is 5.10 Å². The summed E-state index contributed by atoms with van der Waals surface area (Å²) in [5, 5.41) is 7.90. The molecule has 1 saturated heterocycles. The fourth-order valence-electron chi connectivity index (χ4n) is 2.22. The van der Waals surface area contributed by atoms with Crippen LogP contribution >= 0.6 is 0 Å². The fourth-order valence-corrected chi connectivity index (χ4v) is 2.22. The normalized spacial score (nSPS) is 22.5. The highest BCUT2D eigenvalue weighted by atomic mass is 15.2. The van der Waals surface area contributed by atoms with Crippen LogP contribution in [0.3, 0.4) is 0 Å². The van der Waals surface area contributed by atoms with Crippen LogP contribution in [-0.2, 0) is 7.05 Å². The molecule has 0 radical (unpaired) electrons. The molecule has 2 heterocycles. The van der Waals surface area contributed by atoms with Crippen LogP contribution in [0.25, 0.3) is 6.08 Å². The zero-order valence-corrected chi connectivity index (χ0v) is 10.2. The van der Waals surface area contributed by atoms with Crippen LogP contribution < -0.4 is 5.32 Å². The molecule has 0 aliphatic carbocycles. The summed E-state index contributed by atoms with van der Waals surface area (Å²) in [6, 6.07) is 0.544. The standard InChI is InChI=1S/C13H21N3/c1-11-12(10-16(2)15-11)7-8-13-6-4-3-5-9-14-13/h7-8,10,13-14H,3-6,9H2,1-2H3/b8-7+. The number of nitrogens with one attached hydrogen (secondary N) is 1. The van der Waals surface area contributed by atoms with Crippen molar-refractivity contribution in [2.45, 2.75) is 38.6 Å². The zero-order chi connectivity index (χ0) is 11.4. The van der Waals surface area contributed by atoms with Gasteiger partial charge in [0.15, 0.2) is 0 Å². The van der Waals surface area contributed by atoms with Gasteiger partial charge in [0, 0.05) is 24.8 Å². The van der Waals surface area contributed by atoms with Gasteiger partial charge >= 0.3 is 0 Å². The van der Waals surface area contributed by atoms with Gasteiger partial charge < -0.3 is 5.32 Å². The predicted molar refractivity (Wildman–Crippen MR) is 67.2 cm³/mol. The molecule has 3 heteroatoms. The lowest BCUT2D eigenvalue weighted by Gasteiger charge is -2.09. The van der Waals surface area contributed by atoms with Crippen LogP contribution in [0.1, 0.15) is 36.9 Å². The molecule has 0 aromatic carbocycles. The smallest absolute Gasteiger partial charge is 0.0665 e. The Bertz CT molecular complexity index is 357. The third kappa shape index (κ3) is 2.95. The summed E-state index contributed by atoms with van der Waals surface area (Å²) in [7, 11) is 1.97. The molecule has 0 spiro atoms. The monoisotopic (exact) mass is 219 g/mol. The van der Waals surface area contributed by atoms with Crippen molar-refractivity contribution in [3.05, 3.63) is 23.5 Å². The fraction of sp³-hybridized carbons (Fsp3) is 0.615. The topological polar surface area (TPSA) is 29.9 Å². The van der Waals surface area contributed by atoms with E-state index in [0.717, 1.165) is 12.2 Å². The van der Waals surface area contributed by atoms with Crippen LogP contribution in [0.2, 0.25) is 0 Å². The molecular formula is C13H21N3. The number of hydrogen-bond donors (Lipinski definition) is 1. The first-order chi connectivity index (χ1) is 7.75. The first-order valence-corrected chi connectivity index (χ1v) is 6.17. The Kier molecular flexibility index (Phi) is 3.78. The van der Waals surface area contributed by atoms with E-state index in [-0.39, 0.29) is 0 Å². The van der Waals surface area contributed by atoms with Crippen LogP contribution in [0, 0.1) is 6.92 Å². The third-order valence-corrected chi connectivity index (χ3v) is 3.16. The minimum Gasteiger partial charge on any atom is -0.311 e. The Hall–Kier alpha value is -1.09. The molecule has 1 fully saturated rings. The summed E-state index contributed by atoms with van der Waals surface area (Å²) < 4.78 is 1.87. The molecule has 1 atom stereocenters. The van der Waals surface area contributed by atoms with Gasteiger partial charge in [0.05, 0.1) is 5.69 Å². The second-order valence-corrected chi connectivity index (χ2v) is 4.61. The Morgan fingerprint density at radius 1 is 1.44 bits per heavy atom. The van der Waals surface area contributed by atoms with Crippen molar-refractivity contribution in [1.82, 2.24) is 15.1 Å². The first-order valence-electron chi connectivity index (χ1n) is 6.17. The molecule has 0 amide bonds. The van der Waals surface area contributed by atoms with Crippen molar-refractivity contribution in [2.75, 3.05) is 6.54 Å². The second kappa shape index (κ2) is 5.30. The maximum atomic E-state index is 4.34. The Morgan fingerprint density at radius 3 is 3.06 bits per heavy atom. The highest BCUT2D eigenvalue weighted by Gasteiger charge is 2.08. The van der Waals surface area contributed by atoms with E-state index >= 15 is 0 Å². The Morgan fingerprint density at radius 2 is 2.31 bits per heavy atom. The average molecular weight is 219 g/mol. The van der Waals surface area contributed by atoms with E-state index in [2.05, 4.69) is 35.7 Å². The van der Waals surface area contributed by atoms with E-state index in [4.69, 9.17) is 0 Å². The van der Waals surface area contributed by atoms with E-state index in [1.807, 2.05) is 11.7 Å². The van der Waals surface area contributed by atoms with E-state index < -0.39 is 0 Å². The van der Waals surface area contributed by atoms with Gasteiger partial charge in [-0.15, -0.1) is 0 Å². The molecule has 1 aromatic heterocycles. The summed E-state index contributed by atoms with van der Waals surface area (Å²) in [5.41, 5.74) is 2.33. The van der Waals surface area contributed by atoms with E-state index in [1.165, 1.54) is 31.2 Å². The van der Waals surface area contributed by atoms with Gasteiger partial charge in [0.25, 0.3) is 0 Å². The highest BCUT2D eigenvalue weighted by molar-refractivity contribution is 5.51. The van der Waals surface area contributed by atoms with Crippen molar-refractivity contribution in [3.8, 4) is 0 Å². The second-order valence-electron chi connectivity index (χ2n) is 4.61. The highest BCUT2D eigenvalue weighted by Crippen LogP contribution is 2.12. The van der Waals surface area contributed by atoms with Gasteiger partial charge in [-0.25, -0.2) is 0 Å². The van der Waals surface area contributed by atoms with Crippen molar-refractivity contribution in [3.63, 3.8) is 0 Å². The molecule has 1 aromatic rings. The summed E-state index contributed by atoms with van der Waals surface area (Å²) in [4.78, 5) is 0. The van der Waals surface area contributed by atoms with Gasteiger partial charge in [-0.05, 0) is 26.3 Å². The maximum absolute atomic E-state index is 4.34. The number of aryl methyl sites for hydroxylation is 2. The van der Waals surface area contributed by atoms with Crippen LogP contribution in [-0.4, -0.2) is 22.4 Å². The molecule has 2 rings (SSSR count). The van der Waals surface area contributed by atoms with Gasteiger partial charge in [0.1, 0.15) is 0 Å². The summed E-state index contributed by atoms with van der Waals surface area (Å²) >= 11 is 0. The Balaban J connectivity index is 1.99. The summed E-state index contributed by atoms with van der Waals surface area (Å²) in [6.45, 7) is 3.21. The molecule has 1 aliphatic rings. The van der Waals surface area contributed by atoms with Gasteiger partial charge in [-0.3, -0.25) is 4.68 Å². The maximum Gasteiger partial charge on any atom is 0.0665 e. The summed E-state index contributed by atoms with van der Waals surface area (Å²) in [6.07, 6.45) is 11.8. The lowest BCUT2D eigenvalue weighted by molar-refractivity contribution is 0.599. The first kappa shape index (κ1) is 11.4. The van der Waals surface area contributed by atoms with Crippen molar-refractivity contribution in [1.29, 1.82) is 0 Å². The Labute approximate surface area is 97.5 Å². The largest absolute Gasteiger partial charge is 0.311 e. The van der Waals surface area contributed by atoms with Crippen LogP contribution in [0.15, 0.2) is 12.3 Å². The van der Waals surface area contributed by atoms with Crippen molar-refractivity contribution >= 4 is 6.08 Å². The minimum absolute atomic E-state index is 0.544. The molecule has 88 valence electrons. The summed E-state index contributed by atoms with van der Waals surface area (Å²) in [5.74, 6) is 0. The van der Waals surface area contributed by atoms with Crippen molar-refractivity contribution in [2.24, 2.45) is 7.05 Å². The minimum atomic E-state index is 0.544. The molecular weight excluding hydrogens is 198 g/mol. The third-order valence-electron chi connectivity index (χ3n) is 3.16. The quantitative estimate of drug-likeness (QED) is 0.827. The molecule has 16 heavy (non-hydrogen) atoms. The molecule has 3 nitrogen and oxygen atoms in total. The number of aromatic nitrogens is 2. The number of rotatable bonds is 2. The lowest BCUT2D eigenvalue weighted by Crippen LogP contribution is -2.25. The molecule has 1 aliphatic heterocycles. The predicted octanol–water partition coefficient (Wildman–Crippen LogP) is 2.27. The van der Waals surface area contributed by atoms with Crippen LogP contribution in [0.4, 0.5) is 0 Å². The van der Waals surface area contributed by atoms with E-state index in [9.17, 15) is 0 Å². The lowest BCUT2D eigenvalue weighted by atomic mass is 10.1. The molecule has 0 bridgehead atoms. The van der Waals surface area contributed by atoms with Crippen LogP contribution in [0.5, 0.6) is 0 Å². The zero-order valence-electron chi connectivity index (χ0n) is 10.2. The van der Waals surface area contributed by atoms with Gasteiger partial charge in [-0.1, -0.05) is 25.0 Å². The molecule has 0 saturated carbocycles. The SMILES string of the molecule is Cc1nn(C)cc1/C=C/C1CCCCCN1. The van der Waals surface area contributed by atoms with E-state index in [1.54, 1.807) is 0 Å². The average Bonchev–Trinajstić information content (AvgIpc) is 2.48. The van der Waals surface area contributed by atoms with Gasteiger partial charge in [0.2, 0.25) is 0 Å². The number of hydrogen-bond acceptors (Lipinski definition) is 2. The van der Waals surface area contributed by atoms with E-state index in [0.29, 0.717) is 6.04 Å². The number of nitrogens with zero attached hydrogens (tertiary/aromatic N) is 2. The van der Waals surface area contributed by atoms with Crippen molar-refractivity contribution < 1.29 is 0 Å².